The minimum Gasteiger partial charge on any atom is -0.326 e. The maximum Gasteiger partial charge on any atom is 0.221 e. The maximum absolute atomic E-state index is 12.8. The number of aromatic nitrogens is 3. The van der Waals surface area contributed by atoms with Gasteiger partial charge in [0.1, 0.15) is 5.82 Å². The number of anilines is 1. The van der Waals surface area contributed by atoms with Gasteiger partial charge in [-0.25, -0.2) is 0 Å². The molecule has 1 amide bonds. The van der Waals surface area contributed by atoms with Gasteiger partial charge in [0.15, 0.2) is 10.9 Å². The molecule has 4 aromatic rings. The molecule has 0 aliphatic carbocycles. The first-order chi connectivity index (χ1) is 16.5. The number of ketones is 1. The number of aryl methyl sites for hydroxylation is 1. The molecule has 1 heterocycles. The number of carbonyl (C=O) groups excluding carboxylic acids is 2. The molecule has 0 bridgehead atoms. The molecule has 1 aromatic heterocycles. The second-order valence-corrected chi connectivity index (χ2v) is 9.63. The largest absolute Gasteiger partial charge is 0.326 e. The minimum atomic E-state index is -0.147. The molecular formula is C26H24N4O2S2. The summed E-state index contributed by atoms with van der Waals surface area (Å²) in [6.45, 7) is 3.52. The number of para-hydroxylation sites is 1. The quantitative estimate of drug-likeness (QED) is 0.237. The van der Waals surface area contributed by atoms with Crippen LogP contribution in [-0.4, -0.2) is 32.2 Å². The number of nitrogens with one attached hydrogen (secondary N) is 1. The molecule has 0 saturated heterocycles. The standard InChI is InChI=1S/C26H24N4O2S2/c1-18-8-14-23(15-9-18)33-17-25-28-29-26(30(25)22-6-4-3-5-7-22)34-16-24(32)20-10-12-21(13-11-20)27-19(2)31/h3-15H,16-17H2,1-2H3,(H,27,31). The number of hydrogen-bond donors (Lipinski definition) is 1. The molecule has 172 valence electrons. The third kappa shape index (κ3) is 6.15. The fourth-order valence-electron chi connectivity index (χ4n) is 3.26. The zero-order valence-corrected chi connectivity index (χ0v) is 20.5. The van der Waals surface area contributed by atoms with E-state index in [4.69, 9.17) is 0 Å². The predicted molar refractivity (Wildman–Crippen MR) is 138 cm³/mol. The van der Waals surface area contributed by atoms with E-state index in [1.807, 2.05) is 34.9 Å². The average molecular weight is 489 g/mol. The summed E-state index contributed by atoms with van der Waals surface area (Å²) in [7, 11) is 0. The summed E-state index contributed by atoms with van der Waals surface area (Å²) < 4.78 is 2.01. The van der Waals surface area contributed by atoms with Crippen molar-refractivity contribution in [1.82, 2.24) is 14.8 Å². The molecule has 0 fully saturated rings. The van der Waals surface area contributed by atoms with Crippen LogP contribution in [0.25, 0.3) is 5.69 Å². The van der Waals surface area contributed by atoms with Crippen molar-refractivity contribution in [2.45, 2.75) is 29.7 Å². The highest BCUT2D eigenvalue weighted by Crippen LogP contribution is 2.28. The van der Waals surface area contributed by atoms with E-state index in [0.29, 0.717) is 22.2 Å². The summed E-state index contributed by atoms with van der Waals surface area (Å²) in [5.74, 6) is 1.55. The van der Waals surface area contributed by atoms with E-state index in [1.54, 1.807) is 36.0 Å². The summed E-state index contributed by atoms with van der Waals surface area (Å²) in [6.07, 6.45) is 0. The molecule has 4 rings (SSSR count). The van der Waals surface area contributed by atoms with Gasteiger partial charge >= 0.3 is 0 Å². The number of rotatable bonds is 9. The van der Waals surface area contributed by atoms with Crippen LogP contribution in [0.1, 0.15) is 28.7 Å². The van der Waals surface area contributed by atoms with Crippen molar-refractivity contribution in [1.29, 1.82) is 0 Å². The predicted octanol–water partition coefficient (Wildman–Crippen LogP) is 5.80. The molecule has 0 aliphatic rings. The number of nitrogens with zero attached hydrogens (tertiary/aromatic N) is 3. The fraction of sp³-hybridized carbons (Fsp3) is 0.154. The highest BCUT2D eigenvalue weighted by Gasteiger charge is 2.17. The van der Waals surface area contributed by atoms with Crippen molar-refractivity contribution in [2.24, 2.45) is 0 Å². The highest BCUT2D eigenvalue weighted by atomic mass is 32.2. The van der Waals surface area contributed by atoms with E-state index < -0.39 is 0 Å². The van der Waals surface area contributed by atoms with Crippen LogP contribution in [0.5, 0.6) is 0 Å². The van der Waals surface area contributed by atoms with Crippen LogP contribution in [0.3, 0.4) is 0 Å². The Kier molecular flexibility index (Phi) is 7.82. The van der Waals surface area contributed by atoms with Crippen molar-refractivity contribution >= 4 is 40.9 Å². The number of carbonyl (C=O) groups is 2. The maximum atomic E-state index is 12.8. The number of benzene rings is 3. The van der Waals surface area contributed by atoms with E-state index in [-0.39, 0.29) is 17.4 Å². The average Bonchev–Trinajstić information content (AvgIpc) is 3.25. The van der Waals surface area contributed by atoms with Gasteiger partial charge in [-0.3, -0.25) is 14.2 Å². The lowest BCUT2D eigenvalue weighted by Crippen LogP contribution is -2.07. The van der Waals surface area contributed by atoms with Crippen LogP contribution in [0.2, 0.25) is 0 Å². The van der Waals surface area contributed by atoms with Crippen LogP contribution in [0, 0.1) is 6.92 Å². The number of thioether (sulfide) groups is 2. The van der Waals surface area contributed by atoms with Crippen molar-refractivity contribution in [2.75, 3.05) is 11.1 Å². The summed E-state index contributed by atoms with van der Waals surface area (Å²) in [5.41, 5.74) is 3.44. The Hall–Kier alpha value is -3.36. The van der Waals surface area contributed by atoms with Crippen LogP contribution < -0.4 is 5.32 Å². The van der Waals surface area contributed by atoms with Gasteiger partial charge in [0, 0.05) is 28.8 Å². The van der Waals surface area contributed by atoms with Gasteiger partial charge < -0.3 is 5.32 Å². The molecule has 3 aromatic carbocycles. The molecular weight excluding hydrogens is 464 g/mol. The molecule has 0 atom stereocenters. The molecule has 0 spiro atoms. The summed E-state index contributed by atoms with van der Waals surface area (Å²) in [4.78, 5) is 25.1. The number of hydrogen-bond acceptors (Lipinski definition) is 6. The molecule has 0 radical (unpaired) electrons. The Balaban J connectivity index is 1.49. The lowest BCUT2D eigenvalue weighted by Gasteiger charge is -2.10. The van der Waals surface area contributed by atoms with Crippen LogP contribution in [0.4, 0.5) is 5.69 Å². The third-order valence-corrected chi connectivity index (χ3v) is 6.90. The monoisotopic (exact) mass is 488 g/mol. The molecule has 0 unspecified atom stereocenters. The second-order valence-electron chi connectivity index (χ2n) is 7.64. The first kappa shape index (κ1) is 23.8. The second kappa shape index (κ2) is 11.2. The minimum absolute atomic E-state index is 0.0161. The Morgan fingerprint density at radius 3 is 2.26 bits per heavy atom. The third-order valence-electron chi connectivity index (χ3n) is 4.96. The van der Waals surface area contributed by atoms with Crippen LogP contribution in [0.15, 0.2) is 88.9 Å². The zero-order chi connectivity index (χ0) is 23.9. The number of amides is 1. The first-order valence-corrected chi connectivity index (χ1v) is 12.7. The smallest absolute Gasteiger partial charge is 0.221 e. The summed E-state index contributed by atoms with van der Waals surface area (Å²) in [5, 5.41) is 12.2. The van der Waals surface area contributed by atoms with E-state index in [9.17, 15) is 9.59 Å². The lowest BCUT2D eigenvalue weighted by atomic mass is 10.1. The summed E-state index contributed by atoms with van der Waals surface area (Å²) in [6, 6.07) is 25.2. The van der Waals surface area contributed by atoms with Crippen molar-refractivity contribution in [3.8, 4) is 5.69 Å². The van der Waals surface area contributed by atoms with E-state index in [1.165, 1.54) is 29.1 Å². The van der Waals surface area contributed by atoms with Gasteiger partial charge in [-0.15, -0.1) is 22.0 Å². The van der Waals surface area contributed by atoms with Gasteiger partial charge in [0.2, 0.25) is 5.91 Å². The molecule has 34 heavy (non-hydrogen) atoms. The molecule has 1 N–H and O–H groups in total. The molecule has 6 nitrogen and oxygen atoms in total. The van der Waals surface area contributed by atoms with E-state index >= 15 is 0 Å². The lowest BCUT2D eigenvalue weighted by molar-refractivity contribution is -0.114. The highest BCUT2D eigenvalue weighted by molar-refractivity contribution is 7.99. The molecule has 0 saturated carbocycles. The van der Waals surface area contributed by atoms with Gasteiger partial charge in [0.25, 0.3) is 0 Å². The van der Waals surface area contributed by atoms with Gasteiger partial charge in [-0.1, -0.05) is 47.7 Å². The van der Waals surface area contributed by atoms with Crippen LogP contribution in [-0.2, 0) is 10.5 Å². The van der Waals surface area contributed by atoms with Gasteiger partial charge in [-0.05, 0) is 55.5 Å². The number of Topliss-reactive ketones (excluding diaryl/α,β-unsaturated/α-hetero) is 1. The van der Waals surface area contributed by atoms with Crippen molar-refractivity contribution < 1.29 is 9.59 Å². The zero-order valence-electron chi connectivity index (χ0n) is 18.9. The van der Waals surface area contributed by atoms with Crippen molar-refractivity contribution in [3.05, 3.63) is 95.8 Å². The Morgan fingerprint density at radius 2 is 1.59 bits per heavy atom. The molecule has 8 heteroatoms. The summed E-state index contributed by atoms with van der Waals surface area (Å²) >= 11 is 3.07. The first-order valence-electron chi connectivity index (χ1n) is 10.7. The molecule has 0 aliphatic heterocycles. The van der Waals surface area contributed by atoms with Crippen molar-refractivity contribution in [3.63, 3.8) is 0 Å². The Bertz CT molecular complexity index is 1270. The van der Waals surface area contributed by atoms with E-state index in [2.05, 4.69) is 46.7 Å². The topological polar surface area (TPSA) is 76.9 Å². The Morgan fingerprint density at radius 1 is 0.882 bits per heavy atom. The van der Waals surface area contributed by atoms with Gasteiger partial charge in [0.05, 0.1) is 11.5 Å². The fourth-order valence-corrected chi connectivity index (χ4v) is 4.94. The van der Waals surface area contributed by atoms with E-state index in [0.717, 1.165) is 11.5 Å². The Labute approximate surface area is 207 Å². The van der Waals surface area contributed by atoms with Crippen LogP contribution >= 0.6 is 23.5 Å². The normalized spacial score (nSPS) is 10.8. The SMILES string of the molecule is CC(=O)Nc1ccc(C(=O)CSc2nnc(CSc3ccc(C)cc3)n2-c2ccccc2)cc1. The van der Waals surface area contributed by atoms with Gasteiger partial charge in [-0.2, -0.15) is 0 Å².